The molecule has 0 aliphatic rings. The number of halogens is 1. The van der Waals surface area contributed by atoms with E-state index in [1.165, 1.54) is 0 Å². The molecule has 2 aromatic rings. The third kappa shape index (κ3) is 4.79. The summed E-state index contributed by atoms with van der Waals surface area (Å²) in [4.78, 5) is 14.5. The smallest absolute Gasteiger partial charge is 0.227 e. The summed E-state index contributed by atoms with van der Waals surface area (Å²) in [6, 6.07) is 5.43. The number of ether oxygens (including phenoxy) is 1. The second kappa shape index (κ2) is 8.58. The van der Waals surface area contributed by atoms with Crippen LogP contribution in [-0.4, -0.2) is 34.7 Å². The van der Waals surface area contributed by atoms with Crippen LogP contribution in [0.1, 0.15) is 36.4 Å². The average Bonchev–Trinajstić information content (AvgIpc) is 2.81. The van der Waals surface area contributed by atoms with Crippen molar-refractivity contribution in [2.24, 2.45) is 5.92 Å². The molecule has 1 aromatic heterocycles. The van der Waals surface area contributed by atoms with E-state index in [1.54, 1.807) is 25.1 Å². The SMILES string of the molecule is COc1ccc(Cl)cc1CN(C)C(=O)Cc1c(C)nn(CC(C)C)c1C. The van der Waals surface area contributed by atoms with E-state index in [0.717, 1.165) is 34.8 Å². The summed E-state index contributed by atoms with van der Waals surface area (Å²) in [6.07, 6.45) is 0.342. The summed E-state index contributed by atoms with van der Waals surface area (Å²) in [6.45, 7) is 9.62. The summed E-state index contributed by atoms with van der Waals surface area (Å²) >= 11 is 6.08. The largest absolute Gasteiger partial charge is 0.496 e. The molecule has 1 amide bonds. The number of rotatable bonds is 7. The molecule has 26 heavy (non-hydrogen) atoms. The van der Waals surface area contributed by atoms with Gasteiger partial charge in [-0.1, -0.05) is 25.4 Å². The van der Waals surface area contributed by atoms with Gasteiger partial charge in [0.15, 0.2) is 0 Å². The molecule has 0 saturated heterocycles. The van der Waals surface area contributed by atoms with Crippen LogP contribution in [0.2, 0.25) is 5.02 Å². The van der Waals surface area contributed by atoms with E-state index in [1.807, 2.05) is 30.7 Å². The Morgan fingerprint density at radius 3 is 2.65 bits per heavy atom. The summed E-state index contributed by atoms with van der Waals surface area (Å²) in [5.41, 5.74) is 3.89. The topological polar surface area (TPSA) is 47.4 Å². The van der Waals surface area contributed by atoms with E-state index in [9.17, 15) is 4.79 Å². The van der Waals surface area contributed by atoms with Crippen LogP contribution in [0, 0.1) is 19.8 Å². The Labute approximate surface area is 160 Å². The van der Waals surface area contributed by atoms with Crippen LogP contribution in [0.15, 0.2) is 18.2 Å². The average molecular weight is 378 g/mol. The van der Waals surface area contributed by atoms with Crippen LogP contribution in [0.3, 0.4) is 0 Å². The molecule has 0 radical (unpaired) electrons. The number of nitrogens with zero attached hydrogens (tertiary/aromatic N) is 3. The first kappa shape index (κ1) is 20.3. The van der Waals surface area contributed by atoms with Crippen molar-refractivity contribution < 1.29 is 9.53 Å². The summed E-state index contributed by atoms with van der Waals surface area (Å²) in [7, 11) is 3.41. The van der Waals surface area contributed by atoms with Crippen LogP contribution >= 0.6 is 11.6 Å². The van der Waals surface area contributed by atoms with Crippen molar-refractivity contribution in [3.8, 4) is 5.75 Å². The molecule has 1 heterocycles. The van der Waals surface area contributed by atoms with Crippen molar-refractivity contribution in [2.75, 3.05) is 14.2 Å². The third-order valence-electron chi connectivity index (χ3n) is 4.47. The van der Waals surface area contributed by atoms with Crippen LogP contribution in [0.25, 0.3) is 0 Å². The number of methoxy groups -OCH3 is 1. The Kier molecular flexibility index (Phi) is 6.70. The molecule has 0 atom stereocenters. The number of benzene rings is 1. The molecule has 0 saturated carbocycles. The fourth-order valence-corrected chi connectivity index (χ4v) is 3.21. The molecule has 5 nitrogen and oxygen atoms in total. The normalized spacial score (nSPS) is 11.1. The van der Waals surface area contributed by atoms with Crippen LogP contribution < -0.4 is 4.74 Å². The molecule has 0 bridgehead atoms. The number of amides is 1. The lowest BCUT2D eigenvalue weighted by Crippen LogP contribution is -2.28. The monoisotopic (exact) mass is 377 g/mol. The van der Waals surface area contributed by atoms with Crippen LogP contribution in [0.5, 0.6) is 5.75 Å². The van der Waals surface area contributed by atoms with Gasteiger partial charge in [-0.2, -0.15) is 5.10 Å². The van der Waals surface area contributed by atoms with Crippen molar-refractivity contribution in [1.82, 2.24) is 14.7 Å². The highest BCUT2D eigenvalue weighted by Gasteiger charge is 2.19. The van der Waals surface area contributed by atoms with Gasteiger partial charge < -0.3 is 9.64 Å². The fourth-order valence-electron chi connectivity index (χ4n) is 3.01. The zero-order chi connectivity index (χ0) is 19.4. The predicted molar refractivity (Wildman–Crippen MR) is 105 cm³/mol. The van der Waals surface area contributed by atoms with Crippen LogP contribution in [0.4, 0.5) is 0 Å². The number of likely N-dealkylation sites (N-methyl/N-ethyl adjacent to an activating group) is 1. The standard InChI is InChI=1S/C20H28ClN3O2/c1-13(2)11-24-15(4)18(14(3)22-24)10-20(25)23(5)12-16-9-17(21)7-8-19(16)26-6/h7-9,13H,10-12H2,1-6H3. The minimum absolute atomic E-state index is 0.0438. The Morgan fingerprint density at radius 2 is 2.04 bits per heavy atom. The highest BCUT2D eigenvalue weighted by atomic mass is 35.5. The Bertz CT molecular complexity index is 784. The van der Waals surface area contributed by atoms with Gasteiger partial charge in [0.2, 0.25) is 5.91 Å². The second-order valence-corrected chi connectivity index (χ2v) is 7.54. The van der Waals surface area contributed by atoms with Crippen LogP contribution in [-0.2, 0) is 24.3 Å². The predicted octanol–water partition coefficient (Wildman–Crippen LogP) is 4.02. The van der Waals surface area contributed by atoms with E-state index in [4.69, 9.17) is 16.3 Å². The van der Waals surface area contributed by atoms with E-state index in [0.29, 0.717) is 23.9 Å². The van der Waals surface area contributed by atoms with Crippen molar-refractivity contribution in [1.29, 1.82) is 0 Å². The molecule has 0 fully saturated rings. The zero-order valence-corrected chi connectivity index (χ0v) is 17.2. The van der Waals surface area contributed by atoms with Gasteiger partial charge in [-0.3, -0.25) is 9.48 Å². The minimum Gasteiger partial charge on any atom is -0.496 e. The first-order valence-electron chi connectivity index (χ1n) is 8.82. The lowest BCUT2D eigenvalue weighted by molar-refractivity contribution is -0.129. The molecule has 6 heteroatoms. The van der Waals surface area contributed by atoms with E-state index < -0.39 is 0 Å². The molecular formula is C20H28ClN3O2. The van der Waals surface area contributed by atoms with Crippen molar-refractivity contribution in [3.05, 3.63) is 45.7 Å². The molecule has 142 valence electrons. The van der Waals surface area contributed by atoms with Crippen molar-refractivity contribution in [2.45, 2.75) is 47.2 Å². The highest BCUT2D eigenvalue weighted by Crippen LogP contribution is 2.24. The molecule has 0 spiro atoms. The molecular weight excluding hydrogens is 350 g/mol. The van der Waals surface area contributed by atoms with Crippen molar-refractivity contribution >= 4 is 17.5 Å². The maximum atomic E-state index is 12.8. The third-order valence-corrected chi connectivity index (χ3v) is 4.71. The van der Waals surface area contributed by atoms with Gasteiger partial charge in [0, 0.05) is 42.0 Å². The number of aromatic nitrogens is 2. The highest BCUT2D eigenvalue weighted by molar-refractivity contribution is 6.30. The summed E-state index contributed by atoms with van der Waals surface area (Å²) in [5, 5.41) is 5.22. The summed E-state index contributed by atoms with van der Waals surface area (Å²) in [5.74, 6) is 1.28. The molecule has 2 rings (SSSR count). The van der Waals surface area contributed by atoms with E-state index in [-0.39, 0.29) is 5.91 Å². The molecule has 0 N–H and O–H groups in total. The molecule has 1 aromatic carbocycles. The summed E-state index contributed by atoms with van der Waals surface area (Å²) < 4.78 is 7.37. The maximum absolute atomic E-state index is 12.8. The van der Waals surface area contributed by atoms with Gasteiger partial charge in [-0.15, -0.1) is 0 Å². The zero-order valence-electron chi connectivity index (χ0n) is 16.5. The first-order valence-corrected chi connectivity index (χ1v) is 9.20. The van der Waals surface area contributed by atoms with E-state index in [2.05, 4.69) is 18.9 Å². The van der Waals surface area contributed by atoms with Gasteiger partial charge in [0.05, 0.1) is 19.2 Å². The number of carbonyl (C=O) groups is 1. The number of aryl methyl sites for hydroxylation is 1. The maximum Gasteiger partial charge on any atom is 0.227 e. The van der Waals surface area contributed by atoms with Crippen molar-refractivity contribution in [3.63, 3.8) is 0 Å². The minimum atomic E-state index is 0.0438. The molecule has 0 unspecified atom stereocenters. The first-order chi connectivity index (χ1) is 12.2. The Hall–Kier alpha value is -2.01. The van der Waals surface area contributed by atoms with Gasteiger partial charge in [0.1, 0.15) is 5.75 Å². The Morgan fingerprint density at radius 1 is 1.35 bits per heavy atom. The lowest BCUT2D eigenvalue weighted by Gasteiger charge is -2.19. The van der Waals surface area contributed by atoms with Gasteiger partial charge in [-0.05, 0) is 38.0 Å². The number of carbonyl (C=O) groups excluding carboxylic acids is 1. The Balaban J connectivity index is 2.13. The van der Waals surface area contributed by atoms with E-state index >= 15 is 0 Å². The second-order valence-electron chi connectivity index (χ2n) is 7.11. The lowest BCUT2D eigenvalue weighted by atomic mass is 10.1. The van der Waals surface area contributed by atoms with Gasteiger partial charge in [0.25, 0.3) is 0 Å². The quantitative estimate of drug-likeness (QED) is 0.732. The number of hydrogen-bond acceptors (Lipinski definition) is 3. The number of hydrogen-bond donors (Lipinski definition) is 0. The molecule has 0 aliphatic carbocycles. The van der Waals surface area contributed by atoms with Gasteiger partial charge >= 0.3 is 0 Å². The van der Waals surface area contributed by atoms with Gasteiger partial charge in [-0.25, -0.2) is 0 Å². The fraction of sp³-hybridized carbons (Fsp3) is 0.500. The molecule has 0 aliphatic heterocycles.